The smallest absolute Gasteiger partial charge is 0.320 e. The molecule has 0 aromatic heterocycles. The number of halogens is 1. The molecular formula is C17H15BrO3. The minimum Gasteiger partial charge on any atom is -0.448 e. The number of hydrogen-bond acceptors (Lipinski definition) is 3. The van der Waals surface area contributed by atoms with E-state index in [1.165, 1.54) is 0 Å². The van der Waals surface area contributed by atoms with Crippen LogP contribution < -0.4 is 0 Å². The predicted molar refractivity (Wildman–Crippen MR) is 84.4 cm³/mol. The molecule has 0 heterocycles. The second-order valence-electron chi connectivity index (χ2n) is 4.57. The Morgan fingerprint density at radius 1 is 0.952 bits per heavy atom. The topological polar surface area (TPSA) is 43.4 Å². The van der Waals surface area contributed by atoms with Crippen molar-refractivity contribution >= 4 is 27.7 Å². The van der Waals surface area contributed by atoms with Crippen LogP contribution in [-0.4, -0.2) is 16.6 Å². The van der Waals surface area contributed by atoms with Crippen molar-refractivity contribution in [2.45, 2.75) is 17.9 Å². The molecule has 2 aromatic carbocycles. The lowest BCUT2D eigenvalue weighted by molar-refractivity contribution is -0.146. The van der Waals surface area contributed by atoms with E-state index < -0.39 is 16.9 Å². The Hall–Kier alpha value is -1.94. The van der Waals surface area contributed by atoms with Gasteiger partial charge in [-0.05, 0) is 6.92 Å². The summed E-state index contributed by atoms with van der Waals surface area (Å²) >= 11 is 3.16. The van der Waals surface area contributed by atoms with E-state index in [-0.39, 0.29) is 5.78 Å². The van der Waals surface area contributed by atoms with Crippen LogP contribution in [0, 0.1) is 0 Å². The number of benzene rings is 2. The van der Waals surface area contributed by atoms with Gasteiger partial charge in [0.1, 0.15) is 4.83 Å². The molecule has 0 amide bonds. The van der Waals surface area contributed by atoms with Crippen molar-refractivity contribution in [2.24, 2.45) is 0 Å². The maximum atomic E-state index is 12.6. The molecule has 2 aromatic rings. The lowest BCUT2D eigenvalue weighted by atomic mass is 10.00. The zero-order valence-corrected chi connectivity index (χ0v) is 13.1. The quantitative estimate of drug-likeness (QED) is 0.468. The summed E-state index contributed by atoms with van der Waals surface area (Å²) in [6.45, 7) is 1.66. The molecule has 4 heteroatoms. The third-order valence-electron chi connectivity index (χ3n) is 2.96. The first-order chi connectivity index (χ1) is 10.1. The highest BCUT2D eigenvalue weighted by Crippen LogP contribution is 2.23. The number of rotatable bonds is 5. The summed E-state index contributed by atoms with van der Waals surface area (Å²) in [6.07, 6.45) is -0.930. The highest BCUT2D eigenvalue weighted by molar-refractivity contribution is 9.10. The summed E-state index contributed by atoms with van der Waals surface area (Å²) in [6, 6.07) is 17.8. The lowest BCUT2D eigenvalue weighted by Crippen LogP contribution is -2.23. The number of hydrogen-bond donors (Lipinski definition) is 0. The Balaban J connectivity index is 2.32. The minimum atomic E-state index is -0.930. The van der Waals surface area contributed by atoms with Crippen LogP contribution in [0.3, 0.4) is 0 Å². The van der Waals surface area contributed by atoms with Gasteiger partial charge in [0.05, 0.1) is 0 Å². The summed E-state index contributed by atoms with van der Waals surface area (Å²) in [5.74, 6) is -0.698. The normalized spacial score (nSPS) is 13.2. The monoisotopic (exact) mass is 346 g/mol. The van der Waals surface area contributed by atoms with Gasteiger partial charge >= 0.3 is 5.97 Å². The molecule has 0 radical (unpaired) electrons. The predicted octanol–water partition coefficient (Wildman–Crippen LogP) is 3.94. The van der Waals surface area contributed by atoms with Crippen LogP contribution in [0.2, 0.25) is 0 Å². The van der Waals surface area contributed by atoms with E-state index in [0.717, 1.165) is 0 Å². The van der Waals surface area contributed by atoms with Gasteiger partial charge in [-0.2, -0.15) is 0 Å². The second-order valence-corrected chi connectivity index (χ2v) is 5.95. The van der Waals surface area contributed by atoms with E-state index >= 15 is 0 Å². The van der Waals surface area contributed by atoms with Crippen LogP contribution >= 0.6 is 15.9 Å². The van der Waals surface area contributed by atoms with Crippen LogP contribution in [0.25, 0.3) is 0 Å². The Morgan fingerprint density at radius 2 is 1.48 bits per heavy atom. The minimum absolute atomic E-state index is 0.233. The zero-order valence-electron chi connectivity index (χ0n) is 11.5. The van der Waals surface area contributed by atoms with Crippen molar-refractivity contribution in [3.8, 4) is 0 Å². The van der Waals surface area contributed by atoms with Crippen molar-refractivity contribution in [1.29, 1.82) is 0 Å². The van der Waals surface area contributed by atoms with Crippen molar-refractivity contribution in [3.05, 3.63) is 71.8 Å². The fourth-order valence-electron chi connectivity index (χ4n) is 1.86. The Morgan fingerprint density at radius 3 is 2.00 bits per heavy atom. The van der Waals surface area contributed by atoms with Gasteiger partial charge < -0.3 is 4.74 Å². The maximum Gasteiger partial charge on any atom is 0.320 e. The van der Waals surface area contributed by atoms with Crippen molar-refractivity contribution < 1.29 is 14.3 Å². The van der Waals surface area contributed by atoms with Gasteiger partial charge in [0.15, 0.2) is 6.10 Å². The molecular weight excluding hydrogens is 332 g/mol. The third-order valence-corrected chi connectivity index (χ3v) is 3.33. The Kier molecular flexibility index (Phi) is 5.28. The molecule has 21 heavy (non-hydrogen) atoms. The maximum absolute atomic E-state index is 12.6. The number of carbonyl (C=O) groups excluding carboxylic acids is 2. The van der Waals surface area contributed by atoms with Gasteiger partial charge in [0, 0.05) is 11.1 Å². The number of ketones is 1. The van der Waals surface area contributed by atoms with E-state index in [2.05, 4.69) is 15.9 Å². The van der Waals surface area contributed by atoms with Gasteiger partial charge in [0.2, 0.25) is 5.78 Å². The highest BCUT2D eigenvalue weighted by Gasteiger charge is 2.27. The molecule has 0 fully saturated rings. The molecule has 2 rings (SSSR count). The number of carbonyl (C=O) groups is 2. The van der Waals surface area contributed by atoms with E-state index in [9.17, 15) is 9.59 Å². The van der Waals surface area contributed by atoms with Gasteiger partial charge in [-0.25, -0.2) is 0 Å². The first-order valence-electron chi connectivity index (χ1n) is 6.58. The Bertz CT molecular complexity index is 608. The van der Waals surface area contributed by atoms with E-state index in [1.54, 1.807) is 43.3 Å². The number of alkyl halides is 1. The van der Waals surface area contributed by atoms with Crippen LogP contribution in [0.15, 0.2) is 60.7 Å². The molecule has 3 nitrogen and oxygen atoms in total. The fourth-order valence-corrected chi connectivity index (χ4v) is 1.97. The summed E-state index contributed by atoms with van der Waals surface area (Å²) < 4.78 is 5.38. The van der Waals surface area contributed by atoms with Gasteiger partial charge in [-0.15, -0.1) is 0 Å². The number of ether oxygens (including phenoxy) is 1. The number of Topliss-reactive ketones (excluding diaryl/α,β-unsaturated/α-hetero) is 1. The SMILES string of the molecule is CC(Br)C(=O)OC(C(=O)c1ccccc1)c1ccccc1. The summed E-state index contributed by atoms with van der Waals surface area (Å²) in [5.41, 5.74) is 1.18. The zero-order chi connectivity index (χ0) is 15.2. The van der Waals surface area contributed by atoms with Gasteiger partial charge in [0.25, 0.3) is 0 Å². The van der Waals surface area contributed by atoms with E-state index in [0.29, 0.717) is 11.1 Å². The first kappa shape index (κ1) is 15.4. The molecule has 2 unspecified atom stereocenters. The molecule has 0 spiro atoms. The molecule has 0 bridgehead atoms. The summed E-state index contributed by atoms with van der Waals surface area (Å²) in [4.78, 5) is 24.0. The molecule has 0 aliphatic carbocycles. The van der Waals surface area contributed by atoms with Crippen LogP contribution in [-0.2, 0) is 9.53 Å². The fraction of sp³-hybridized carbons (Fsp3) is 0.176. The standard InChI is InChI=1S/C17H15BrO3/c1-12(18)17(20)21-16(14-10-6-3-7-11-14)15(19)13-8-4-2-5-9-13/h2-12,16H,1H3. The van der Waals surface area contributed by atoms with Crippen molar-refractivity contribution in [2.75, 3.05) is 0 Å². The van der Waals surface area contributed by atoms with Crippen molar-refractivity contribution in [3.63, 3.8) is 0 Å². The van der Waals surface area contributed by atoms with Crippen molar-refractivity contribution in [1.82, 2.24) is 0 Å². The molecule has 0 saturated heterocycles. The Labute approximate surface area is 132 Å². The third kappa shape index (κ3) is 4.02. The summed E-state index contributed by atoms with van der Waals surface area (Å²) in [7, 11) is 0. The van der Waals surface area contributed by atoms with Gasteiger partial charge in [-0.1, -0.05) is 76.6 Å². The van der Waals surface area contributed by atoms with Crippen LogP contribution in [0.4, 0.5) is 0 Å². The van der Waals surface area contributed by atoms with E-state index in [1.807, 2.05) is 24.3 Å². The lowest BCUT2D eigenvalue weighted by Gasteiger charge is -2.18. The second kappa shape index (κ2) is 7.18. The molecule has 0 saturated carbocycles. The average Bonchev–Trinajstić information content (AvgIpc) is 2.53. The largest absolute Gasteiger partial charge is 0.448 e. The van der Waals surface area contributed by atoms with E-state index in [4.69, 9.17) is 4.74 Å². The van der Waals surface area contributed by atoms with Crippen LogP contribution in [0.5, 0.6) is 0 Å². The molecule has 108 valence electrons. The molecule has 0 aliphatic rings. The average molecular weight is 347 g/mol. The molecule has 2 atom stereocenters. The van der Waals surface area contributed by atoms with Gasteiger partial charge in [-0.3, -0.25) is 9.59 Å². The highest BCUT2D eigenvalue weighted by atomic mass is 79.9. The molecule has 0 aliphatic heterocycles. The summed E-state index contributed by atoms with van der Waals surface area (Å²) in [5, 5.41) is 0. The first-order valence-corrected chi connectivity index (χ1v) is 7.50. The van der Waals surface area contributed by atoms with Crippen LogP contribution in [0.1, 0.15) is 28.9 Å². The number of esters is 1. The molecule has 0 N–H and O–H groups in total.